The van der Waals surface area contributed by atoms with E-state index < -0.39 is 0 Å². The van der Waals surface area contributed by atoms with E-state index in [9.17, 15) is 4.39 Å². The number of hydrogen-bond donors (Lipinski definition) is 0. The maximum Gasteiger partial charge on any atom is 0.123 e. The molecule has 2 aromatic carbocycles. The zero-order valence-electron chi connectivity index (χ0n) is 15.0. The summed E-state index contributed by atoms with van der Waals surface area (Å²) in [4.78, 5) is 2.36. The summed E-state index contributed by atoms with van der Waals surface area (Å²) in [6, 6.07) is 16.4. The Kier molecular flexibility index (Phi) is 4.34. The van der Waals surface area contributed by atoms with E-state index in [-0.39, 0.29) is 5.82 Å². The summed E-state index contributed by atoms with van der Waals surface area (Å²) in [7, 11) is 2.16. The van der Waals surface area contributed by atoms with Gasteiger partial charge in [-0.25, -0.2) is 4.39 Å². The fourth-order valence-corrected chi connectivity index (χ4v) is 4.04. The van der Waals surface area contributed by atoms with Crippen LogP contribution in [0.1, 0.15) is 30.2 Å². The molecular weight excluding hydrogens is 311 g/mol. The quantitative estimate of drug-likeness (QED) is 0.665. The van der Waals surface area contributed by atoms with Crippen molar-refractivity contribution in [1.29, 1.82) is 0 Å². The molecule has 0 saturated carbocycles. The van der Waals surface area contributed by atoms with Crippen LogP contribution < -0.4 is 0 Å². The Hall–Kier alpha value is -2.13. The second-order valence-electron chi connectivity index (χ2n) is 7.30. The highest BCUT2D eigenvalue weighted by molar-refractivity contribution is 5.86. The van der Waals surface area contributed by atoms with E-state index in [1.165, 1.54) is 22.3 Å². The van der Waals surface area contributed by atoms with Crippen LogP contribution in [-0.4, -0.2) is 22.6 Å². The van der Waals surface area contributed by atoms with Crippen molar-refractivity contribution in [2.45, 2.75) is 45.3 Å². The van der Waals surface area contributed by atoms with E-state index in [0.717, 1.165) is 37.7 Å². The average molecular weight is 336 g/mol. The van der Waals surface area contributed by atoms with E-state index in [1.807, 2.05) is 6.07 Å². The standard InChI is InChI=1S/C22H25FN2/c1-16-13-22-20(15-24(16)2)19-14-18(23)10-11-21(19)25(22)12-6-9-17-7-4-3-5-8-17/h3-5,7-8,10-11,14,16H,6,9,12-13,15H2,1-2H3. The minimum Gasteiger partial charge on any atom is -0.344 e. The molecule has 0 aliphatic carbocycles. The molecule has 0 radical (unpaired) electrons. The Balaban J connectivity index is 1.67. The maximum absolute atomic E-state index is 13.8. The number of fused-ring (bicyclic) bond motifs is 3. The van der Waals surface area contributed by atoms with Gasteiger partial charge in [-0.1, -0.05) is 30.3 Å². The Bertz CT molecular complexity index is 882. The molecule has 3 heteroatoms. The average Bonchev–Trinajstić information content (AvgIpc) is 2.89. The van der Waals surface area contributed by atoms with Crippen LogP contribution in [-0.2, 0) is 25.9 Å². The fourth-order valence-electron chi connectivity index (χ4n) is 4.04. The lowest BCUT2D eigenvalue weighted by Gasteiger charge is -2.31. The molecule has 0 spiro atoms. The van der Waals surface area contributed by atoms with Crippen LogP contribution in [0.5, 0.6) is 0 Å². The van der Waals surface area contributed by atoms with Crippen LogP contribution in [0.4, 0.5) is 4.39 Å². The third-order valence-corrected chi connectivity index (χ3v) is 5.59. The molecule has 0 amide bonds. The van der Waals surface area contributed by atoms with Gasteiger partial charge in [-0.2, -0.15) is 0 Å². The summed E-state index contributed by atoms with van der Waals surface area (Å²) in [6.45, 7) is 4.17. The second-order valence-corrected chi connectivity index (χ2v) is 7.30. The molecule has 1 atom stereocenters. The summed E-state index contributed by atoms with van der Waals surface area (Å²) < 4.78 is 16.3. The predicted octanol–water partition coefficient (Wildman–Crippen LogP) is 4.79. The summed E-state index contributed by atoms with van der Waals surface area (Å²) in [5.74, 6) is -0.141. The number of benzene rings is 2. The minimum atomic E-state index is -0.141. The van der Waals surface area contributed by atoms with Gasteiger partial charge in [-0.3, -0.25) is 4.90 Å². The van der Waals surface area contributed by atoms with Crippen molar-refractivity contribution < 1.29 is 4.39 Å². The van der Waals surface area contributed by atoms with Gasteiger partial charge in [0.1, 0.15) is 5.82 Å². The normalized spacial score (nSPS) is 17.8. The second kappa shape index (κ2) is 6.64. The first-order valence-electron chi connectivity index (χ1n) is 9.17. The molecule has 1 aromatic heterocycles. The minimum absolute atomic E-state index is 0.141. The first kappa shape index (κ1) is 16.3. The molecule has 4 rings (SSSR count). The highest BCUT2D eigenvalue weighted by Crippen LogP contribution is 2.33. The van der Waals surface area contributed by atoms with Crippen LogP contribution in [0.15, 0.2) is 48.5 Å². The van der Waals surface area contributed by atoms with Crippen molar-refractivity contribution in [3.05, 3.63) is 71.2 Å². The molecular formula is C22H25FN2. The lowest BCUT2D eigenvalue weighted by molar-refractivity contribution is 0.228. The Labute approximate surface area is 148 Å². The predicted molar refractivity (Wildman–Crippen MR) is 101 cm³/mol. The first-order valence-corrected chi connectivity index (χ1v) is 9.17. The Morgan fingerprint density at radius 2 is 1.92 bits per heavy atom. The zero-order chi connectivity index (χ0) is 17.4. The first-order chi connectivity index (χ1) is 12.1. The molecule has 130 valence electrons. The van der Waals surface area contributed by atoms with Crippen molar-refractivity contribution >= 4 is 10.9 Å². The van der Waals surface area contributed by atoms with Gasteiger partial charge in [0, 0.05) is 42.1 Å². The van der Waals surface area contributed by atoms with E-state index >= 15 is 0 Å². The molecule has 1 aliphatic rings. The van der Waals surface area contributed by atoms with Crippen LogP contribution in [0, 0.1) is 5.82 Å². The van der Waals surface area contributed by atoms with Gasteiger partial charge in [0.15, 0.2) is 0 Å². The molecule has 0 fully saturated rings. The Morgan fingerprint density at radius 1 is 1.12 bits per heavy atom. The summed E-state index contributed by atoms with van der Waals surface area (Å²) in [5.41, 5.74) is 5.28. The zero-order valence-corrected chi connectivity index (χ0v) is 15.0. The van der Waals surface area contributed by atoms with E-state index in [4.69, 9.17) is 0 Å². The van der Waals surface area contributed by atoms with Gasteiger partial charge in [0.2, 0.25) is 0 Å². The molecule has 2 nitrogen and oxygen atoms in total. The number of nitrogens with zero attached hydrogens (tertiary/aromatic N) is 2. The summed E-state index contributed by atoms with van der Waals surface area (Å²) in [6.07, 6.45) is 3.21. The molecule has 0 N–H and O–H groups in total. The topological polar surface area (TPSA) is 8.17 Å². The SMILES string of the molecule is CC1Cc2c(c3cc(F)ccc3n2CCCc2ccccc2)CN1C. The van der Waals surface area contributed by atoms with E-state index in [1.54, 1.807) is 12.1 Å². The Morgan fingerprint density at radius 3 is 2.72 bits per heavy atom. The molecule has 1 unspecified atom stereocenters. The van der Waals surface area contributed by atoms with Gasteiger partial charge in [0.05, 0.1) is 0 Å². The van der Waals surface area contributed by atoms with Crippen molar-refractivity contribution in [2.24, 2.45) is 0 Å². The van der Waals surface area contributed by atoms with Crippen LogP contribution in [0.3, 0.4) is 0 Å². The molecule has 3 aromatic rings. The van der Waals surface area contributed by atoms with Gasteiger partial charge < -0.3 is 4.57 Å². The lowest BCUT2D eigenvalue weighted by Crippen LogP contribution is -2.35. The van der Waals surface area contributed by atoms with Crippen molar-refractivity contribution in [3.63, 3.8) is 0 Å². The van der Waals surface area contributed by atoms with Gasteiger partial charge in [-0.05, 0) is 56.1 Å². The summed E-state index contributed by atoms with van der Waals surface area (Å²) in [5, 5.41) is 1.09. The number of rotatable bonds is 4. The lowest BCUT2D eigenvalue weighted by atomic mass is 10.00. The number of aromatic nitrogens is 1. The molecule has 2 heterocycles. The maximum atomic E-state index is 13.8. The number of hydrogen-bond acceptors (Lipinski definition) is 1. The third-order valence-electron chi connectivity index (χ3n) is 5.59. The van der Waals surface area contributed by atoms with Crippen molar-refractivity contribution in [1.82, 2.24) is 9.47 Å². The van der Waals surface area contributed by atoms with Crippen LogP contribution in [0.25, 0.3) is 10.9 Å². The van der Waals surface area contributed by atoms with Crippen LogP contribution in [0.2, 0.25) is 0 Å². The highest BCUT2D eigenvalue weighted by Gasteiger charge is 2.26. The van der Waals surface area contributed by atoms with E-state index in [2.05, 4.69) is 53.8 Å². The number of aryl methyl sites for hydroxylation is 2. The van der Waals surface area contributed by atoms with Gasteiger partial charge >= 0.3 is 0 Å². The molecule has 1 aliphatic heterocycles. The monoisotopic (exact) mass is 336 g/mol. The highest BCUT2D eigenvalue weighted by atomic mass is 19.1. The van der Waals surface area contributed by atoms with Crippen LogP contribution >= 0.6 is 0 Å². The number of halogens is 1. The number of likely N-dealkylation sites (N-methyl/N-ethyl adjacent to an activating group) is 1. The molecule has 25 heavy (non-hydrogen) atoms. The molecule has 0 saturated heterocycles. The van der Waals surface area contributed by atoms with E-state index in [0.29, 0.717) is 6.04 Å². The summed E-state index contributed by atoms with van der Waals surface area (Å²) >= 11 is 0. The van der Waals surface area contributed by atoms with Crippen molar-refractivity contribution in [3.8, 4) is 0 Å². The largest absolute Gasteiger partial charge is 0.344 e. The van der Waals surface area contributed by atoms with Gasteiger partial charge in [-0.15, -0.1) is 0 Å². The smallest absolute Gasteiger partial charge is 0.123 e. The third kappa shape index (κ3) is 3.09. The van der Waals surface area contributed by atoms with Gasteiger partial charge in [0.25, 0.3) is 0 Å². The van der Waals surface area contributed by atoms with Crippen molar-refractivity contribution in [2.75, 3.05) is 7.05 Å². The molecule has 0 bridgehead atoms. The fraction of sp³-hybridized carbons (Fsp3) is 0.364.